The van der Waals surface area contributed by atoms with E-state index in [1.54, 1.807) is 12.1 Å². The fraction of sp³-hybridized carbons (Fsp3) is 0.333. The SMILES string of the molecule is O=C(Nc1nc2c(s1)CN(S(=O)(=O)c1ccc3c(c1)CCCC3)CC2)c1ccoc1. The minimum absolute atomic E-state index is 0.272. The Hall–Kier alpha value is -2.49. The Balaban J connectivity index is 1.35. The van der Waals surface area contributed by atoms with Crippen LogP contribution in [-0.4, -0.2) is 30.2 Å². The fourth-order valence-corrected chi connectivity index (χ4v) is 6.57. The van der Waals surface area contributed by atoms with Crippen LogP contribution in [-0.2, 0) is 35.8 Å². The number of aryl methyl sites for hydroxylation is 2. The third kappa shape index (κ3) is 3.57. The van der Waals surface area contributed by atoms with Gasteiger partial charge in [0.2, 0.25) is 10.0 Å². The van der Waals surface area contributed by atoms with Gasteiger partial charge < -0.3 is 4.42 Å². The lowest BCUT2D eigenvalue weighted by Gasteiger charge is -2.26. The van der Waals surface area contributed by atoms with Gasteiger partial charge in [0, 0.05) is 17.8 Å². The molecule has 1 N–H and O–H groups in total. The van der Waals surface area contributed by atoms with Crippen molar-refractivity contribution in [3.05, 3.63) is 64.1 Å². The maximum absolute atomic E-state index is 13.3. The van der Waals surface area contributed by atoms with Crippen molar-refractivity contribution in [1.82, 2.24) is 9.29 Å². The predicted molar refractivity (Wildman–Crippen MR) is 113 cm³/mol. The monoisotopic (exact) mass is 443 g/mol. The van der Waals surface area contributed by atoms with Crippen LogP contribution < -0.4 is 5.32 Å². The van der Waals surface area contributed by atoms with Crippen molar-refractivity contribution in [3.63, 3.8) is 0 Å². The number of carbonyl (C=O) groups excluding carboxylic acids is 1. The summed E-state index contributed by atoms with van der Waals surface area (Å²) in [5, 5.41) is 3.23. The molecule has 0 saturated carbocycles. The zero-order valence-electron chi connectivity index (χ0n) is 16.3. The van der Waals surface area contributed by atoms with E-state index >= 15 is 0 Å². The number of nitrogens with zero attached hydrogens (tertiary/aromatic N) is 2. The molecule has 5 rings (SSSR count). The maximum Gasteiger partial charge on any atom is 0.260 e. The van der Waals surface area contributed by atoms with Gasteiger partial charge in [-0.2, -0.15) is 4.31 Å². The van der Waals surface area contributed by atoms with E-state index in [2.05, 4.69) is 10.3 Å². The third-order valence-corrected chi connectivity index (χ3v) is 8.50. The van der Waals surface area contributed by atoms with E-state index in [0.29, 0.717) is 28.6 Å². The number of carbonyl (C=O) groups is 1. The molecule has 9 heteroatoms. The molecular formula is C21H21N3O4S2. The highest BCUT2D eigenvalue weighted by molar-refractivity contribution is 7.89. The largest absolute Gasteiger partial charge is 0.472 e. The van der Waals surface area contributed by atoms with Crippen LogP contribution in [0.1, 0.15) is 44.9 Å². The van der Waals surface area contributed by atoms with Crippen molar-refractivity contribution in [3.8, 4) is 0 Å². The number of hydrogen-bond donors (Lipinski definition) is 1. The van der Waals surface area contributed by atoms with Crippen LogP contribution in [0, 0.1) is 0 Å². The van der Waals surface area contributed by atoms with E-state index in [4.69, 9.17) is 4.42 Å². The number of fused-ring (bicyclic) bond motifs is 2. The molecule has 2 aliphatic rings. The third-order valence-electron chi connectivity index (χ3n) is 5.66. The van der Waals surface area contributed by atoms with Gasteiger partial charge in [-0.05, 0) is 55.0 Å². The van der Waals surface area contributed by atoms with E-state index in [9.17, 15) is 13.2 Å². The second-order valence-electron chi connectivity index (χ2n) is 7.58. The predicted octanol–water partition coefficient (Wildman–Crippen LogP) is 3.61. The summed E-state index contributed by atoms with van der Waals surface area (Å²) in [4.78, 5) is 17.9. The van der Waals surface area contributed by atoms with Crippen molar-refractivity contribution in [2.75, 3.05) is 11.9 Å². The Morgan fingerprint density at radius 2 is 1.97 bits per heavy atom. The molecule has 0 saturated heterocycles. The molecule has 0 spiro atoms. The average molecular weight is 444 g/mol. The summed E-state index contributed by atoms with van der Waals surface area (Å²) in [6.45, 7) is 0.652. The van der Waals surface area contributed by atoms with E-state index in [0.717, 1.165) is 35.4 Å². The Labute approximate surface area is 178 Å². The van der Waals surface area contributed by atoms with Crippen LogP contribution >= 0.6 is 11.3 Å². The lowest BCUT2D eigenvalue weighted by Crippen LogP contribution is -2.35. The van der Waals surface area contributed by atoms with Crippen molar-refractivity contribution in [2.45, 2.75) is 43.5 Å². The quantitative estimate of drug-likeness (QED) is 0.665. The second-order valence-corrected chi connectivity index (χ2v) is 10.6. The highest BCUT2D eigenvalue weighted by atomic mass is 32.2. The summed E-state index contributed by atoms with van der Waals surface area (Å²) in [6.07, 6.45) is 7.57. The van der Waals surface area contributed by atoms with Crippen LogP contribution in [0.15, 0.2) is 46.1 Å². The Morgan fingerprint density at radius 1 is 1.13 bits per heavy atom. The molecule has 1 aliphatic carbocycles. The van der Waals surface area contributed by atoms with Gasteiger partial charge in [0.15, 0.2) is 5.13 Å². The van der Waals surface area contributed by atoms with E-state index in [1.807, 2.05) is 12.1 Å². The zero-order valence-corrected chi connectivity index (χ0v) is 17.9. The maximum atomic E-state index is 13.3. The molecule has 30 heavy (non-hydrogen) atoms. The number of benzene rings is 1. The molecule has 0 radical (unpaired) electrons. The smallest absolute Gasteiger partial charge is 0.260 e. The van der Waals surface area contributed by atoms with Gasteiger partial charge in [0.25, 0.3) is 5.91 Å². The topological polar surface area (TPSA) is 92.5 Å². The highest BCUT2D eigenvalue weighted by Gasteiger charge is 2.31. The number of anilines is 1. The van der Waals surface area contributed by atoms with Crippen molar-refractivity contribution < 1.29 is 17.6 Å². The first-order chi connectivity index (χ1) is 14.5. The number of hydrogen-bond acceptors (Lipinski definition) is 6. The molecule has 3 heterocycles. The Morgan fingerprint density at radius 3 is 2.77 bits per heavy atom. The van der Waals surface area contributed by atoms with E-state index in [-0.39, 0.29) is 12.5 Å². The van der Waals surface area contributed by atoms with Crippen LogP contribution in [0.4, 0.5) is 5.13 Å². The van der Waals surface area contributed by atoms with Crippen LogP contribution in [0.25, 0.3) is 0 Å². The van der Waals surface area contributed by atoms with Gasteiger partial charge in [-0.15, -0.1) is 11.3 Å². The molecule has 1 aromatic carbocycles. The number of aromatic nitrogens is 1. The molecule has 2 aromatic heterocycles. The van der Waals surface area contributed by atoms with Gasteiger partial charge in [-0.3, -0.25) is 10.1 Å². The number of thiazole rings is 1. The minimum Gasteiger partial charge on any atom is -0.472 e. The Kier molecular flexibility index (Phi) is 4.96. The van der Waals surface area contributed by atoms with Gasteiger partial charge in [0.05, 0.1) is 29.0 Å². The van der Waals surface area contributed by atoms with Crippen LogP contribution in [0.3, 0.4) is 0 Å². The highest BCUT2D eigenvalue weighted by Crippen LogP contribution is 2.32. The molecule has 0 fully saturated rings. The van der Waals surface area contributed by atoms with Gasteiger partial charge in [-0.25, -0.2) is 13.4 Å². The number of sulfonamides is 1. The van der Waals surface area contributed by atoms with Gasteiger partial charge >= 0.3 is 0 Å². The summed E-state index contributed by atoms with van der Waals surface area (Å²) in [7, 11) is -3.57. The van der Waals surface area contributed by atoms with Crippen molar-refractivity contribution >= 4 is 32.4 Å². The summed E-state index contributed by atoms with van der Waals surface area (Å²) < 4.78 is 33.0. The first kappa shape index (κ1) is 19.5. The van der Waals surface area contributed by atoms with Gasteiger partial charge in [0.1, 0.15) is 6.26 Å². The second kappa shape index (κ2) is 7.64. The first-order valence-corrected chi connectivity index (χ1v) is 12.2. The van der Waals surface area contributed by atoms with Crippen molar-refractivity contribution in [2.24, 2.45) is 0 Å². The summed E-state index contributed by atoms with van der Waals surface area (Å²) in [5.41, 5.74) is 3.68. The normalized spacial score (nSPS) is 16.7. The van der Waals surface area contributed by atoms with E-state index < -0.39 is 10.0 Å². The number of furan rings is 1. The lowest BCUT2D eigenvalue weighted by atomic mass is 9.92. The molecule has 3 aromatic rings. The molecule has 7 nitrogen and oxygen atoms in total. The standard InChI is InChI=1S/C21H21N3O4S2/c25-20(16-8-10-28-13-16)23-21-22-18-7-9-24(12-19(18)29-21)30(26,27)17-6-5-14-3-1-2-4-15(14)11-17/h5-6,8,10-11,13H,1-4,7,9,12H2,(H,22,23,25). The zero-order chi connectivity index (χ0) is 20.7. The molecular weight excluding hydrogens is 422 g/mol. The van der Waals surface area contributed by atoms with E-state index in [1.165, 1.54) is 40.2 Å². The summed E-state index contributed by atoms with van der Waals surface area (Å²) in [6, 6.07) is 7.13. The number of nitrogens with one attached hydrogen (secondary N) is 1. The summed E-state index contributed by atoms with van der Waals surface area (Å²) in [5.74, 6) is -0.298. The van der Waals surface area contributed by atoms with Gasteiger partial charge in [-0.1, -0.05) is 6.07 Å². The fourth-order valence-electron chi connectivity index (χ4n) is 4.01. The number of rotatable bonds is 4. The molecule has 0 atom stereocenters. The minimum atomic E-state index is -3.57. The average Bonchev–Trinajstić information content (AvgIpc) is 3.42. The molecule has 1 aliphatic heterocycles. The molecule has 0 bridgehead atoms. The molecule has 1 amide bonds. The molecule has 156 valence electrons. The van der Waals surface area contributed by atoms with Crippen LogP contribution in [0.2, 0.25) is 0 Å². The number of amides is 1. The lowest BCUT2D eigenvalue weighted by molar-refractivity contribution is 0.102. The summed E-state index contributed by atoms with van der Waals surface area (Å²) >= 11 is 1.32. The Bertz CT molecular complexity index is 1200. The van der Waals surface area contributed by atoms with Crippen LogP contribution in [0.5, 0.6) is 0 Å². The first-order valence-electron chi connectivity index (χ1n) is 9.95. The molecule has 0 unspecified atom stereocenters. The van der Waals surface area contributed by atoms with Crippen molar-refractivity contribution in [1.29, 1.82) is 0 Å².